The van der Waals surface area contributed by atoms with Crippen molar-refractivity contribution in [3.63, 3.8) is 0 Å². The summed E-state index contributed by atoms with van der Waals surface area (Å²) in [5.41, 5.74) is 0.560. The smallest absolute Gasteiger partial charge is 0.341 e. The van der Waals surface area contributed by atoms with Crippen LogP contribution in [0.15, 0.2) is 18.2 Å². The van der Waals surface area contributed by atoms with Crippen molar-refractivity contribution in [2.45, 2.75) is 32.6 Å². The first-order valence-corrected chi connectivity index (χ1v) is 9.20. The maximum atomic E-state index is 12.0. The minimum absolute atomic E-state index is 0. The van der Waals surface area contributed by atoms with Gasteiger partial charge in [0.05, 0.1) is 19.8 Å². The fraction of sp³-hybridized carbons (Fsp3) is 0.579. The van der Waals surface area contributed by atoms with Crippen LogP contribution >= 0.6 is 12.4 Å². The largest absolute Gasteiger partial charge is 0.507 e. The van der Waals surface area contributed by atoms with Crippen molar-refractivity contribution >= 4 is 30.0 Å². The number of nitrogens with one attached hydrogen (secondary N) is 1. The summed E-state index contributed by atoms with van der Waals surface area (Å²) in [6.07, 6.45) is 3.21. The lowest BCUT2D eigenvalue weighted by Gasteiger charge is -2.26. The Balaban J connectivity index is 0.00000364. The van der Waals surface area contributed by atoms with Gasteiger partial charge < -0.3 is 19.9 Å². The van der Waals surface area contributed by atoms with E-state index < -0.39 is 5.97 Å². The summed E-state index contributed by atoms with van der Waals surface area (Å²) in [7, 11) is 0. The number of amides is 1. The van der Waals surface area contributed by atoms with E-state index in [1.807, 2.05) is 0 Å². The number of esters is 1. The Bertz CT molecular complexity index is 606. The molecule has 0 aliphatic carbocycles. The molecule has 1 amide bonds. The zero-order valence-electron chi connectivity index (χ0n) is 15.7. The molecule has 1 aromatic carbocycles. The lowest BCUT2D eigenvalue weighted by Crippen LogP contribution is -2.38. The van der Waals surface area contributed by atoms with Gasteiger partial charge in [0.25, 0.3) is 0 Å². The molecular weight excluding hydrogens is 372 g/mol. The standard InChI is InChI=1S/C19H28N2O5.ClH/c1-2-3-4-11-26-19(24)16-6-5-15(14-17(16)22)20-18(23)7-8-21-9-12-25-13-10-21;/h5-6,14,22H,2-4,7-13H2,1H3,(H,20,23);1H. The molecule has 2 rings (SSSR count). The number of hydrogen-bond acceptors (Lipinski definition) is 6. The van der Waals surface area contributed by atoms with Crippen LogP contribution in [0.4, 0.5) is 5.69 Å². The molecule has 2 N–H and O–H groups in total. The van der Waals surface area contributed by atoms with Gasteiger partial charge in [0.1, 0.15) is 11.3 Å². The minimum Gasteiger partial charge on any atom is -0.507 e. The lowest BCUT2D eigenvalue weighted by molar-refractivity contribution is -0.116. The number of nitrogens with zero attached hydrogens (tertiary/aromatic N) is 1. The first kappa shape index (κ1) is 23.2. The second-order valence-corrected chi connectivity index (χ2v) is 6.33. The number of benzene rings is 1. The van der Waals surface area contributed by atoms with Crippen LogP contribution in [0.25, 0.3) is 0 Å². The first-order valence-electron chi connectivity index (χ1n) is 9.20. The summed E-state index contributed by atoms with van der Waals surface area (Å²) in [4.78, 5) is 26.2. The number of carbonyl (C=O) groups is 2. The van der Waals surface area contributed by atoms with Crippen LogP contribution in [-0.2, 0) is 14.3 Å². The molecule has 0 atom stereocenters. The summed E-state index contributed by atoms with van der Waals surface area (Å²) in [6.45, 7) is 6.15. The molecule has 1 aliphatic rings. The molecule has 1 fully saturated rings. The highest BCUT2D eigenvalue weighted by Gasteiger charge is 2.15. The van der Waals surface area contributed by atoms with Crippen molar-refractivity contribution in [1.82, 2.24) is 4.90 Å². The van der Waals surface area contributed by atoms with E-state index in [1.165, 1.54) is 12.1 Å². The molecule has 0 bridgehead atoms. The number of hydrogen-bond donors (Lipinski definition) is 2. The number of carbonyl (C=O) groups excluding carboxylic acids is 2. The average Bonchev–Trinajstić information content (AvgIpc) is 2.64. The van der Waals surface area contributed by atoms with Crippen LogP contribution in [-0.4, -0.2) is 61.3 Å². The zero-order valence-corrected chi connectivity index (χ0v) is 16.6. The molecule has 1 aliphatic heterocycles. The molecule has 0 saturated carbocycles. The first-order chi connectivity index (χ1) is 12.6. The normalized spacial score (nSPS) is 14.3. The van der Waals surface area contributed by atoms with E-state index in [2.05, 4.69) is 17.1 Å². The molecule has 1 saturated heterocycles. The van der Waals surface area contributed by atoms with E-state index in [-0.39, 0.29) is 29.6 Å². The zero-order chi connectivity index (χ0) is 18.8. The van der Waals surface area contributed by atoms with Gasteiger partial charge in [0.15, 0.2) is 0 Å². The number of morpholine rings is 1. The Hall–Kier alpha value is -1.83. The third-order valence-corrected chi connectivity index (χ3v) is 4.24. The highest BCUT2D eigenvalue weighted by Crippen LogP contribution is 2.23. The molecule has 8 heteroatoms. The number of anilines is 1. The predicted octanol–water partition coefficient (Wildman–Crippen LogP) is 2.82. The van der Waals surface area contributed by atoms with Crippen LogP contribution in [0.3, 0.4) is 0 Å². The van der Waals surface area contributed by atoms with E-state index in [1.54, 1.807) is 6.07 Å². The Morgan fingerprint density at radius 1 is 1.26 bits per heavy atom. The summed E-state index contributed by atoms with van der Waals surface area (Å²) in [6, 6.07) is 4.43. The van der Waals surface area contributed by atoms with Gasteiger partial charge in [-0.1, -0.05) is 19.8 Å². The summed E-state index contributed by atoms with van der Waals surface area (Å²) < 4.78 is 10.4. The molecule has 7 nitrogen and oxygen atoms in total. The minimum atomic E-state index is -0.552. The third-order valence-electron chi connectivity index (χ3n) is 4.24. The van der Waals surface area contributed by atoms with Crippen LogP contribution in [0.5, 0.6) is 5.75 Å². The second kappa shape index (κ2) is 12.5. The molecule has 1 aromatic rings. The Morgan fingerprint density at radius 2 is 2.00 bits per heavy atom. The number of halogens is 1. The van der Waals surface area contributed by atoms with Gasteiger partial charge in [-0.3, -0.25) is 9.69 Å². The molecule has 0 spiro atoms. The van der Waals surface area contributed by atoms with Gasteiger partial charge in [-0.2, -0.15) is 0 Å². The van der Waals surface area contributed by atoms with Crippen molar-refractivity contribution < 1.29 is 24.2 Å². The maximum Gasteiger partial charge on any atom is 0.341 e. The van der Waals surface area contributed by atoms with Crippen LogP contribution in [0.1, 0.15) is 43.0 Å². The molecule has 1 heterocycles. The highest BCUT2D eigenvalue weighted by atomic mass is 35.5. The van der Waals surface area contributed by atoms with Gasteiger partial charge in [0, 0.05) is 37.8 Å². The summed E-state index contributed by atoms with van der Waals surface area (Å²) in [5.74, 6) is -0.883. The maximum absolute atomic E-state index is 12.0. The van der Waals surface area contributed by atoms with E-state index in [0.29, 0.717) is 38.5 Å². The van der Waals surface area contributed by atoms with E-state index in [4.69, 9.17) is 9.47 Å². The molecule has 0 radical (unpaired) electrons. The fourth-order valence-corrected chi connectivity index (χ4v) is 2.68. The van der Waals surface area contributed by atoms with Gasteiger partial charge in [-0.15, -0.1) is 12.4 Å². The number of ether oxygens (including phenoxy) is 2. The number of aromatic hydroxyl groups is 1. The number of rotatable bonds is 9. The number of phenols is 1. The third kappa shape index (κ3) is 8.15. The van der Waals surface area contributed by atoms with Crippen molar-refractivity contribution in [2.24, 2.45) is 0 Å². The van der Waals surface area contributed by atoms with Crippen LogP contribution in [0.2, 0.25) is 0 Å². The highest BCUT2D eigenvalue weighted by molar-refractivity contribution is 5.95. The van der Waals surface area contributed by atoms with E-state index >= 15 is 0 Å². The van der Waals surface area contributed by atoms with E-state index in [0.717, 1.165) is 32.4 Å². The second-order valence-electron chi connectivity index (χ2n) is 6.33. The quantitative estimate of drug-likeness (QED) is 0.489. The SMILES string of the molecule is CCCCCOC(=O)c1ccc(NC(=O)CCN2CCOCC2)cc1O.Cl. The van der Waals surface area contributed by atoms with Gasteiger partial charge in [0.2, 0.25) is 5.91 Å². The number of phenolic OH excluding ortho intramolecular Hbond substituents is 1. The summed E-state index contributed by atoms with van der Waals surface area (Å²) in [5, 5.41) is 12.8. The van der Waals surface area contributed by atoms with Crippen LogP contribution < -0.4 is 5.32 Å². The van der Waals surface area contributed by atoms with Crippen molar-refractivity contribution in [3.05, 3.63) is 23.8 Å². The van der Waals surface area contributed by atoms with Crippen molar-refractivity contribution in [2.75, 3.05) is 44.8 Å². The Kier molecular flexibility index (Phi) is 10.8. The van der Waals surface area contributed by atoms with Crippen LogP contribution in [0, 0.1) is 0 Å². The summed E-state index contributed by atoms with van der Waals surface area (Å²) >= 11 is 0. The monoisotopic (exact) mass is 400 g/mol. The molecule has 152 valence electrons. The van der Waals surface area contributed by atoms with E-state index in [9.17, 15) is 14.7 Å². The molecular formula is C19H29ClN2O5. The topological polar surface area (TPSA) is 88.1 Å². The van der Waals surface area contributed by atoms with Gasteiger partial charge >= 0.3 is 5.97 Å². The van der Waals surface area contributed by atoms with Crippen molar-refractivity contribution in [1.29, 1.82) is 0 Å². The number of unbranched alkanes of at least 4 members (excludes halogenated alkanes) is 2. The fourth-order valence-electron chi connectivity index (χ4n) is 2.68. The molecule has 0 unspecified atom stereocenters. The Labute approximate surface area is 166 Å². The van der Waals surface area contributed by atoms with Crippen molar-refractivity contribution in [3.8, 4) is 5.75 Å². The van der Waals surface area contributed by atoms with Gasteiger partial charge in [-0.05, 0) is 18.6 Å². The predicted molar refractivity (Wildman–Crippen MR) is 106 cm³/mol. The molecule has 0 aromatic heterocycles. The average molecular weight is 401 g/mol. The Morgan fingerprint density at radius 3 is 2.67 bits per heavy atom. The molecule has 27 heavy (non-hydrogen) atoms. The van der Waals surface area contributed by atoms with Gasteiger partial charge in [-0.25, -0.2) is 4.79 Å². The lowest BCUT2D eigenvalue weighted by atomic mass is 10.1.